The molecule has 6 nitrogen and oxygen atoms in total. The molecule has 1 amide bonds. The predicted octanol–water partition coefficient (Wildman–Crippen LogP) is 4.22. The molecule has 1 aromatic heterocycles. The molecule has 0 aliphatic rings. The first-order chi connectivity index (χ1) is 14.0. The molecule has 0 unspecified atom stereocenters. The number of benzene rings is 2. The normalized spacial score (nSPS) is 10.9. The van der Waals surface area contributed by atoms with Gasteiger partial charge < -0.3 is 14.6 Å². The zero-order valence-corrected chi connectivity index (χ0v) is 16.5. The number of carbonyl (C=O) groups excluding carboxylic acids is 1. The van der Waals surface area contributed by atoms with E-state index in [2.05, 4.69) is 20.3 Å². The first-order valence-electron chi connectivity index (χ1n) is 8.98. The number of hydrogen-bond acceptors (Lipinski definition) is 5. The van der Waals surface area contributed by atoms with Crippen LogP contribution in [0.25, 0.3) is 0 Å². The number of alkyl halides is 2. The molecule has 0 atom stereocenters. The van der Waals surface area contributed by atoms with E-state index in [0.29, 0.717) is 23.8 Å². The Morgan fingerprint density at radius 1 is 1.14 bits per heavy atom. The van der Waals surface area contributed by atoms with E-state index in [-0.39, 0.29) is 17.4 Å². The standard InChI is InChI=1S/C20H20F2N4O2S/c1-2-26-17(12-14-6-4-3-5-7-14)24-25-20(26)29-13-18(27)23-15-8-10-16(11-9-15)28-19(21)22/h3-11,19H,2,12-13H2,1H3,(H,23,27). The van der Waals surface area contributed by atoms with Crippen molar-refractivity contribution in [3.8, 4) is 5.75 Å². The molecule has 2 aromatic carbocycles. The van der Waals surface area contributed by atoms with E-state index in [4.69, 9.17) is 0 Å². The number of thioether (sulfide) groups is 1. The summed E-state index contributed by atoms with van der Waals surface area (Å²) in [5, 5.41) is 11.9. The van der Waals surface area contributed by atoms with Gasteiger partial charge in [0.25, 0.3) is 0 Å². The molecule has 9 heteroatoms. The van der Waals surface area contributed by atoms with Gasteiger partial charge in [0.2, 0.25) is 5.91 Å². The van der Waals surface area contributed by atoms with Gasteiger partial charge in [0.05, 0.1) is 5.75 Å². The van der Waals surface area contributed by atoms with Gasteiger partial charge >= 0.3 is 6.61 Å². The Labute approximate surface area is 171 Å². The number of anilines is 1. The van der Waals surface area contributed by atoms with Gasteiger partial charge in [0.1, 0.15) is 11.6 Å². The van der Waals surface area contributed by atoms with Gasteiger partial charge in [-0.1, -0.05) is 42.1 Å². The molecule has 0 aliphatic heterocycles. The Bertz CT molecular complexity index is 933. The molecule has 0 aliphatic carbocycles. The van der Waals surface area contributed by atoms with Crippen molar-refractivity contribution in [1.82, 2.24) is 14.8 Å². The minimum Gasteiger partial charge on any atom is -0.435 e. The maximum atomic E-state index is 12.2. The van der Waals surface area contributed by atoms with Crippen LogP contribution in [0.1, 0.15) is 18.3 Å². The van der Waals surface area contributed by atoms with Crippen LogP contribution in [0, 0.1) is 0 Å². The third-order valence-corrected chi connectivity index (χ3v) is 4.98. The van der Waals surface area contributed by atoms with Crippen LogP contribution in [0.2, 0.25) is 0 Å². The molecule has 0 radical (unpaired) electrons. The molecule has 3 rings (SSSR count). The van der Waals surface area contributed by atoms with Crippen molar-refractivity contribution < 1.29 is 18.3 Å². The van der Waals surface area contributed by atoms with Gasteiger partial charge in [-0.15, -0.1) is 10.2 Å². The van der Waals surface area contributed by atoms with E-state index in [9.17, 15) is 13.6 Å². The molecule has 0 fully saturated rings. The van der Waals surface area contributed by atoms with E-state index in [1.807, 2.05) is 41.8 Å². The number of rotatable bonds is 9. The first kappa shape index (κ1) is 20.8. The van der Waals surface area contributed by atoms with Crippen LogP contribution in [0.4, 0.5) is 14.5 Å². The molecule has 0 spiro atoms. The summed E-state index contributed by atoms with van der Waals surface area (Å²) in [5.41, 5.74) is 1.64. The summed E-state index contributed by atoms with van der Waals surface area (Å²) in [6.45, 7) is -0.176. The monoisotopic (exact) mass is 418 g/mol. The average Bonchev–Trinajstić information content (AvgIpc) is 3.09. The first-order valence-corrected chi connectivity index (χ1v) is 9.97. The van der Waals surface area contributed by atoms with Gasteiger partial charge in [0.15, 0.2) is 5.16 Å². The van der Waals surface area contributed by atoms with Gasteiger partial charge in [-0.2, -0.15) is 8.78 Å². The molecule has 0 saturated heterocycles. The highest BCUT2D eigenvalue weighted by Gasteiger charge is 2.14. The van der Waals surface area contributed by atoms with Crippen molar-refractivity contribution in [2.45, 2.75) is 31.7 Å². The Hall–Kier alpha value is -2.94. The highest BCUT2D eigenvalue weighted by Crippen LogP contribution is 2.21. The predicted molar refractivity (Wildman–Crippen MR) is 107 cm³/mol. The fraction of sp³-hybridized carbons (Fsp3) is 0.250. The molecule has 152 valence electrons. The Morgan fingerprint density at radius 2 is 1.86 bits per heavy atom. The van der Waals surface area contributed by atoms with E-state index in [0.717, 1.165) is 11.4 Å². The van der Waals surface area contributed by atoms with Gasteiger partial charge in [-0.25, -0.2) is 0 Å². The number of aromatic nitrogens is 3. The number of hydrogen-bond donors (Lipinski definition) is 1. The summed E-state index contributed by atoms with van der Waals surface area (Å²) in [4.78, 5) is 12.2. The molecule has 1 heterocycles. The Balaban J connectivity index is 1.56. The van der Waals surface area contributed by atoms with E-state index in [1.54, 1.807) is 0 Å². The Kier molecular flexibility index (Phi) is 7.18. The molecule has 3 aromatic rings. The SMILES string of the molecule is CCn1c(Cc2ccccc2)nnc1SCC(=O)Nc1ccc(OC(F)F)cc1. The largest absolute Gasteiger partial charge is 0.435 e. The highest BCUT2D eigenvalue weighted by atomic mass is 32.2. The Morgan fingerprint density at radius 3 is 2.52 bits per heavy atom. The quantitative estimate of drug-likeness (QED) is 0.527. The second kappa shape index (κ2) is 10.0. The summed E-state index contributed by atoms with van der Waals surface area (Å²) < 4.78 is 30.6. The number of nitrogens with zero attached hydrogens (tertiary/aromatic N) is 3. The van der Waals surface area contributed by atoms with Crippen molar-refractivity contribution >= 4 is 23.4 Å². The fourth-order valence-corrected chi connectivity index (χ4v) is 3.52. The lowest BCUT2D eigenvalue weighted by molar-refractivity contribution is -0.113. The lowest BCUT2D eigenvalue weighted by Gasteiger charge is -2.09. The van der Waals surface area contributed by atoms with Gasteiger partial charge in [-0.05, 0) is 36.8 Å². The number of ether oxygens (including phenoxy) is 1. The van der Waals surface area contributed by atoms with Crippen molar-refractivity contribution in [3.05, 3.63) is 66.0 Å². The minimum atomic E-state index is -2.88. The maximum Gasteiger partial charge on any atom is 0.387 e. The molecular formula is C20H20F2N4O2S. The van der Waals surface area contributed by atoms with Crippen LogP contribution in [0.15, 0.2) is 59.8 Å². The van der Waals surface area contributed by atoms with Crippen molar-refractivity contribution in [2.75, 3.05) is 11.1 Å². The van der Waals surface area contributed by atoms with Crippen molar-refractivity contribution in [1.29, 1.82) is 0 Å². The minimum absolute atomic E-state index is 0.0365. The molecule has 0 saturated carbocycles. The van der Waals surface area contributed by atoms with Crippen LogP contribution < -0.4 is 10.1 Å². The average molecular weight is 418 g/mol. The van der Waals surface area contributed by atoms with Gasteiger partial charge in [-0.3, -0.25) is 4.79 Å². The molecule has 29 heavy (non-hydrogen) atoms. The zero-order valence-electron chi connectivity index (χ0n) is 15.7. The van der Waals surface area contributed by atoms with Crippen molar-refractivity contribution in [2.24, 2.45) is 0 Å². The third-order valence-electron chi connectivity index (χ3n) is 4.01. The number of carbonyl (C=O) groups is 1. The summed E-state index contributed by atoms with van der Waals surface area (Å²) >= 11 is 1.30. The molecule has 1 N–H and O–H groups in total. The lowest BCUT2D eigenvalue weighted by Crippen LogP contribution is -2.14. The summed E-state index contributed by atoms with van der Waals surface area (Å²) in [6, 6.07) is 15.8. The zero-order chi connectivity index (χ0) is 20.6. The molecular weight excluding hydrogens is 398 g/mol. The van der Waals surface area contributed by atoms with E-state index >= 15 is 0 Å². The van der Waals surface area contributed by atoms with Crippen LogP contribution in [0.5, 0.6) is 5.75 Å². The van der Waals surface area contributed by atoms with Crippen LogP contribution in [0.3, 0.4) is 0 Å². The fourth-order valence-electron chi connectivity index (χ4n) is 2.70. The van der Waals surface area contributed by atoms with Crippen molar-refractivity contribution in [3.63, 3.8) is 0 Å². The summed E-state index contributed by atoms with van der Waals surface area (Å²) in [5.74, 6) is 0.803. The number of amides is 1. The second-order valence-corrected chi connectivity index (χ2v) is 6.99. The maximum absolute atomic E-state index is 12.2. The summed E-state index contributed by atoms with van der Waals surface area (Å²) in [7, 11) is 0. The van der Waals surface area contributed by atoms with Gasteiger partial charge in [0, 0.05) is 18.7 Å². The second-order valence-electron chi connectivity index (χ2n) is 6.05. The van der Waals surface area contributed by atoms with Crippen LogP contribution in [-0.4, -0.2) is 33.0 Å². The van der Waals surface area contributed by atoms with Crippen LogP contribution >= 0.6 is 11.8 Å². The number of halogens is 2. The lowest BCUT2D eigenvalue weighted by atomic mass is 10.1. The highest BCUT2D eigenvalue weighted by molar-refractivity contribution is 7.99. The summed E-state index contributed by atoms with van der Waals surface area (Å²) in [6.07, 6.45) is 0.668. The number of nitrogens with one attached hydrogen (secondary N) is 1. The van der Waals surface area contributed by atoms with E-state index < -0.39 is 6.61 Å². The smallest absolute Gasteiger partial charge is 0.387 e. The third kappa shape index (κ3) is 6.02. The van der Waals surface area contributed by atoms with Crippen LogP contribution in [-0.2, 0) is 17.8 Å². The molecule has 0 bridgehead atoms. The van der Waals surface area contributed by atoms with E-state index in [1.165, 1.54) is 36.0 Å². The topological polar surface area (TPSA) is 69.0 Å².